The third-order valence-electron chi connectivity index (χ3n) is 4.00. The van der Waals surface area contributed by atoms with Gasteiger partial charge in [-0.15, -0.1) is 0 Å². The van der Waals surface area contributed by atoms with E-state index in [0.29, 0.717) is 0 Å². The summed E-state index contributed by atoms with van der Waals surface area (Å²) in [4.78, 5) is 18.5. The molecule has 1 amide bonds. The topological polar surface area (TPSA) is 33.2 Å². The molecule has 0 spiro atoms. The molecule has 3 nitrogen and oxygen atoms in total. The van der Waals surface area contributed by atoms with Crippen LogP contribution in [0.5, 0.6) is 0 Å². The Labute approximate surface area is 125 Å². The molecule has 0 saturated carbocycles. The zero-order valence-electron chi connectivity index (χ0n) is 12.6. The zero-order valence-corrected chi connectivity index (χ0v) is 12.6. The Kier molecular flexibility index (Phi) is 3.74. The second-order valence-electron chi connectivity index (χ2n) is 5.67. The van der Waals surface area contributed by atoms with Gasteiger partial charge in [-0.3, -0.25) is 9.69 Å². The van der Waals surface area contributed by atoms with Crippen molar-refractivity contribution in [2.45, 2.75) is 39.5 Å². The average Bonchev–Trinajstić information content (AvgIpc) is 2.49. The summed E-state index contributed by atoms with van der Waals surface area (Å²) in [6.07, 6.45) is 4.55. The van der Waals surface area contributed by atoms with Gasteiger partial charge >= 0.3 is 0 Å². The van der Waals surface area contributed by atoms with Crippen molar-refractivity contribution < 1.29 is 4.79 Å². The van der Waals surface area contributed by atoms with Gasteiger partial charge in [-0.25, -0.2) is 4.98 Å². The van der Waals surface area contributed by atoms with Gasteiger partial charge in [0.15, 0.2) is 0 Å². The Bertz CT molecular complexity index is 661. The van der Waals surface area contributed by atoms with Crippen LogP contribution in [0.2, 0.25) is 0 Å². The predicted octanol–water partition coefficient (Wildman–Crippen LogP) is 3.95. The van der Waals surface area contributed by atoms with Crippen molar-refractivity contribution in [3.63, 3.8) is 0 Å². The number of nitrogens with zero attached hydrogens (tertiary/aromatic N) is 2. The molecule has 0 radical (unpaired) electrons. The first-order valence-corrected chi connectivity index (χ1v) is 7.51. The fourth-order valence-electron chi connectivity index (χ4n) is 2.86. The summed E-state index contributed by atoms with van der Waals surface area (Å²) in [6, 6.07) is 12.1. The number of aryl methyl sites for hydroxylation is 3. The Morgan fingerprint density at radius 1 is 1.05 bits per heavy atom. The molecule has 1 aliphatic carbocycles. The molecule has 1 aliphatic rings. The number of fused-ring (bicyclic) bond motifs is 1. The molecule has 21 heavy (non-hydrogen) atoms. The molecule has 2 aromatic rings. The minimum Gasteiger partial charge on any atom is -0.274 e. The third-order valence-corrected chi connectivity index (χ3v) is 4.00. The Morgan fingerprint density at radius 3 is 2.48 bits per heavy atom. The van der Waals surface area contributed by atoms with E-state index in [4.69, 9.17) is 4.98 Å². The van der Waals surface area contributed by atoms with Crippen LogP contribution in [0.25, 0.3) is 0 Å². The third kappa shape index (κ3) is 2.82. The Morgan fingerprint density at radius 2 is 1.76 bits per heavy atom. The van der Waals surface area contributed by atoms with Gasteiger partial charge in [0.1, 0.15) is 5.82 Å². The van der Waals surface area contributed by atoms with Crippen molar-refractivity contribution >= 4 is 17.4 Å². The number of pyridine rings is 1. The second kappa shape index (κ2) is 5.68. The summed E-state index contributed by atoms with van der Waals surface area (Å²) in [7, 11) is 0. The molecule has 108 valence electrons. The molecule has 0 N–H and O–H groups in total. The maximum Gasteiger partial charge on any atom is 0.229 e. The van der Waals surface area contributed by atoms with Crippen LogP contribution < -0.4 is 4.90 Å². The van der Waals surface area contributed by atoms with Crippen LogP contribution in [0.3, 0.4) is 0 Å². The first-order chi connectivity index (χ1) is 10.1. The van der Waals surface area contributed by atoms with E-state index in [1.54, 1.807) is 11.8 Å². The lowest BCUT2D eigenvalue weighted by atomic mass is 9.96. The van der Waals surface area contributed by atoms with Crippen molar-refractivity contribution in [3.05, 3.63) is 53.2 Å². The molecule has 3 rings (SSSR count). The number of hydrogen-bond donors (Lipinski definition) is 0. The quantitative estimate of drug-likeness (QED) is 0.834. The molecular formula is C18H20N2O. The lowest BCUT2D eigenvalue weighted by molar-refractivity contribution is -0.115. The zero-order chi connectivity index (χ0) is 14.8. The van der Waals surface area contributed by atoms with Crippen molar-refractivity contribution in [3.8, 4) is 0 Å². The van der Waals surface area contributed by atoms with E-state index in [-0.39, 0.29) is 5.91 Å². The molecule has 0 bridgehead atoms. The smallest absolute Gasteiger partial charge is 0.229 e. The molecule has 1 heterocycles. The van der Waals surface area contributed by atoms with E-state index >= 15 is 0 Å². The van der Waals surface area contributed by atoms with Crippen LogP contribution in [-0.4, -0.2) is 10.9 Å². The fourth-order valence-corrected chi connectivity index (χ4v) is 2.86. The van der Waals surface area contributed by atoms with Gasteiger partial charge < -0.3 is 0 Å². The molecule has 0 unspecified atom stereocenters. The van der Waals surface area contributed by atoms with Crippen molar-refractivity contribution in [1.29, 1.82) is 0 Å². The van der Waals surface area contributed by atoms with Crippen molar-refractivity contribution in [2.75, 3.05) is 4.90 Å². The molecular weight excluding hydrogens is 260 g/mol. The number of carbonyl (C=O) groups is 1. The van der Waals surface area contributed by atoms with Gasteiger partial charge in [0.2, 0.25) is 5.91 Å². The van der Waals surface area contributed by atoms with E-state index < -0.39 is 0 Å². The highest BCUT2D eigenvalue weighted by atomic mass is 16.2. The Hall–Kier alpha value is -2.16. The number of benzene rings is 1. The molecule has 0 aliphatic heterocycles. The van der Waals surface area contributed by atoms with Crippen LogP contribution >= 0.6 is 0 Å². The van der Waals surface area contributed by atoms with E-state index in [9.17, 15) is 4.79 Å². The molecule has 0 fully saturated rings. The SMILES string of the molecule is CC(=O)N(c1ccc(C)cc1)c1ccc2c(n1)CCCC2. The van der Waals surface area contributed by atoms with E-state index in [1.165, 1.54) is 24.0 Å². The van der Waals surface area contributed by atoms with Crippen molar-refractivity contribution in [1.82, 2.24) is 4.98 Å². The van der Waals surface area contributed by atoms with E-state index in [1.807, 2.05) is 37.3 Å². The standard InChI is InChI=1S/C18H20N2O/c1-13-7-10-16(11-8-13)20(14(2)21)18-12-9-15-5-3-4-6-17(15)19-18/h7-12H,3-6H2,1-2H3. The first kappa shape index (κ1) is 13.8. The van der Waals surface area contributed by atoms with Crippen molar-refractivity contribution in [2.24, 2.45) is 0 Å². The highest BCUT2D eigenvalue weighted by Crippen LogP contribution is 2.28. The highest BCUT2D eigenvalue weighted by molar-refractivity contribution is 5.98. The first-order valence-electron chi connectivity index (χ1n) is 7.51. The molecule has 1 aromatic heterocycles. The summed E-state index contributed by atoms with van der Waals surface area (Å²) >= 11 is 0. The molecule has 1 aromatic carbocycles. The van der Waals surface area contributed by atoms with E-state index in [0.717, 1.165) is 30.0 Å². The maximum absolute atomic E-state index is 12.1. The molecule has 0 saturated heterocycles. The maximum atomic E-state index is 12.1. The highest BCUT2D eigenvalue weighted by Gasteiger charge is 2.18. The summed E-state index contributed by atoms with van der Waals surface area (Å²) in [5.74, 6) is 0.717. The molecule has 0 atom stereocenters. The van der Waals surface area contributed by atoms with Crippen LogP contribution in [0.1, 0.15) is 36.6 Å². The molecule has 3 heteroatoms. The van der Waals surface area contributed by atoms with E-state index in [2.05, 4.69) is 6.07 Å². The summed E-state index contributed by atoms with van der Waals surface area (Å²) in [5.41, 5.74) is 4.53. The fraction of sp³-hybridized carbons (Fsp3) is 0.333. The monoisotopic (exact) mass is 280 g/mol. The van der Waals surface area contributed by atoms with Gasteiger partial charge in [-0.1, -0.05) is 23.8 Å². The summed E-state index contributed by atoms with van der Waals surface area (Å²) in [5, 5.41) is 0. The average molecular weight is 280 g/mol. The number of carbonyl (C=O) groups excluding carboxylic acids is 1. The largest absolute Gasteiger partial charge is 0.274 e. The van der Waals surface area contributed by atoms with Crippen LogP contribution in [0, 0.1) is 6.92 Å². The minimum absolute atomic E-state index is 0.0119. The second-order valence-corrected chi connectivity index (χ2v) is 5.67. The predicted molar refractivity (Wildman–Crippen MR) is 84.9 cm³/mol. The van der Waals surface area contributed by atoms with Crippen LogP contribution in [-0.2, 0) is 17.6 Å². The number of amides is 1. The number of hydrogen-bond acceptors (Lipinski definition) is 2. The lowest BCUT2D eigenvalue weighted by Crippen LogP contribution is -2.24. The van der Waals surface area contributed by atoms with Crippen LogP contribution in [0.4, 0.5) is 11.5 Å². The van der Waals surface area contributed by atoms with Gasteiger partial charge in [-0.2, -0.15) is 0 Å². The number of rotatable bonds is 2. The minimum atomic E-state index is -0.0119. The number of aromatic nitrogens is 1. The van der Waals surface area contributed by atoms with Gasteiger partial charge in [0.25, 0.3) is 0 Å². The lowest BCUT2D eigenvalue weighted by Gasteiger charge is -2.23. The Balaban J connectivity index is 2.01. The van der Waals surface area contributed by atoms with Gasteiger partial charge in [0.05, 0.1) is 5.69 Å². The van der Waals surface area contributed by atoms with Gasteiger partial charge in [-0.05, 0) is 56.4 Å². The summed E-state index contributed by atoms with van der Waals surface area (Å²) < 4.78 is 0. The number of anilines is 2. The van der Waals surface area contributed by atoms with Crippen LogP contribution in [0.15, 0.2) is 36.4 Å². The summed E-state index contributed by atoms with van der Waals surface area (Å²) in [6.45, 7) is 3.63. The van der Waals surface area contributed by atoms with Gasteiger partial charge in [0, 0.05) is 12.6 Å². The normalized spacial score (nSPS) is 13.6.